The summed E-state index contributed by atoms with van der Waals surface area (Å²) in [5.74, 6) is -0.453. The van der Waals surface area contributed by atoms with Crippen molar-refractivity contribution in [1.82, 2.24) is 9.29 Å². The average molecular weight is 290 g/mol. The van der Waals surface area contributed by atoms with Crippen LogP contribution in [0, 0.1) is 0 Å². The molecule has 0 aliphatic rings. The molecule has 0 aliphatic heterocycles. The van der Waals surface area contributed by atoms with Gasteiger partial charge in [0.25, 0.3) is 10.0 Å². The zero-order valence-corrected chi connectivity index (χ0v) is 11.7. The number of nitrogens with zero attached hydrogens (tertiary/aromatic N) is 2. The molecular weight excluding hydrogens is 276 g/mol. The molecular formula is C10H14N2O4S2. The van der Waals surface area contributed by atoms with E-state index in [9.17, 15) is 13.2 Å². The molecule has 0 aromatic carbocycles. The van der Waals surface area contributed by atoms with Crippen molar-refractivity contribution >= 4 is 27.8 Å². The molecule has 0 aliphatic carbocycles. The molecule has 0 radical (unpaired) electrons. The second kappa shape index (κ2) is 6.17. The van der Waals surface area contributed by atoms with Gasteiger partial charge in [0.05, 0.1) is 5.56 Å². The van der Waals surface area contributed by atoms with Gasteiger partial charge in [-0.05, 0) is 18.4 Å². The molecule has 100 valence electrons. The number of hydrogen-bond acceptors (Lipinski definition) is 5. The topological polar surface area (TPSA) is 87.6 Å². The van der Waals surface area contributed by atoms with Crippen molar-refractivity contribution in [3.8, 4) is 0 Å². The van der Waals surface area contributed by atoms with E-state index < -0.39 is 16.0 Å². The summed E-state index contributed by atoms with van der Waals surface area (Å²) >= 11 is 1.54. The largest absolute Gasteiger partial charge is 0.478 e. The third-order valence-corrected chi connectivity index (χ3v) is 4.63. The summed E-state index contributed by atoms with van der Waals surface area (Å²) in [6, 6.07) is 2.43. The third-order valence-electron chi connectivity index (χ3n) is 2.27. The number of sulfonamides is 1. The van der Waals surface area contributed by atoms with Gasteiger partial charge in [0.15, 0.2) is 5.03 Å². The lowest BCUT2D eigenvalue weighted by Gasteiger charge is -2.15. The Hall–Kier alpha value is -1.12. The summed E-state index contributed by atoms with van der Waals surface area (Å²) in [6.45, 7) is 0.381. The second-order valence-electron chi connectivity index (χ2n) is 3.51. The predicted octanol–water partition coefficient (Wildman–Crippen LogP) is 0.763. The molecule has 0 unspecified atom stereocenters. The van der Waals surface area contributed by atoms with Gasteiger partial charge in [-0.2, -0.15) is 16.1 Å². The van der Waals surface area contributed by atoms with E-state index in [2.05, 4.69) is 4.98 Å². The summed E-state index contributed by atoms with van der Waals surface area (Å²) < 4.78 is 25.3. The molecule has 0 bridgehead atoms. The van der Waals surface area contributed by atoms with E-state index in [1.54, 1.807) is 11.8 Å². The molecule has 0 spiro atoms. The first kappa shape index (κ1) is 14.9. The number of hydrogen-bond donors (Lipinski definition) is 1. The van der Waals surface area contributed by atoms with Crippen LogP contribution in [0.4, 0.5) is 0 Å². The normalized spacial score (nSPS) is 11.7. The van der Waals surface area contributed by atoms with Crippen molar-refractivity contribution in [2.24, 2.45) is 0 Å². The van der Waals surface area contributed by atoms with Gasteiger partial charge in [0.1, 0.15) is 0 Å². The lowest BCUT2D eigenvalue weighted by Crippen LogP contribution is -2.29. The lowest BCUT2D eigenvalue weighted by atomic mass is 10.3. The van der Waals surface area contributed by atoms with Crippen LogP contribution in [0.15, 0.2) is 23.4 Å². The van der Waals surface area contributed by atoms with Crippen molar-refractivity contribution in [2.75, 3.05) is 25.6 Å². The fourth-order valence-corrected chi connectivity index (χ4v) is 2.81. The number of carboxylic acids is 1. The van der Waals surface area contributed by atoms with E-state index in [0.717, 1.165) is 6.20 Å². The molecule has 6 nitrogen and oxygen atoms in total. The SMILES string of the molecule is CSCCN(C)S(=O)(=O)c1ccc(C(=O)O)cn1. The zero-order valence-electron chi connectivity index (χ0n) is 10.0. The van der Waals surface area contributed by atoms with Crippen LogP contribution >= 0.6 is 11.8 Å². The minimum Gasteiger partial charge on any atom is -0.478 e. The van der Waals surface area contributed by atoms with Gasteiger partial charge in [-0.15, -0.1) is 0 Å². The van der Waals surface area contributed by atoms with Gasteiger partial charge in [0, 0.05) is 25.5 Å². The van der Waals surface area contributed by atoms with E-state index >= 15 is 0 Å². The van der Waals surface area contributed by atoms with Gasteiger partial charge in [0.2, 0.25) is 0 Å². The zero-order chi connectivity index (χ0) is 13.8. The minimum atomic E-state index is -3.64. The molecule has 1 heterocycles. The van der Waals surface area contributed by atoms with Crippen LogP contribution in [0.25, 0.3) is 0 Å². The van der Waals surface area contributed by atoms with Gasteiger partial charge in [-0.1, -0.05) is 0 Å². The molecule has 1 N–H and O–H groups in total. The molecule has 1 aromatic rings. The van der Waals surface area contributed by atoms with Crippen LogP contribution in [-0.4, -0.2) is 54.4 Å². The summed E-state index contributed by atoms with van der Waals surface area (Å²) in [5, 5.41) is 8.56. The number of rotatable bonds is 6. The number of pyridine rings is 1. The van der Waals surface area contributed by atoms with Gasteiger partial charge in [-0.3, -0.25) is 0 Å². The van der Waals surface area contributed by atoms with E-state index in [0.29, 0.717) is 12.3 Å². The highest BCUT2D eigenvalue weighted by atomic mass is 32.2. The Labute approximate surface area is 110 Å². The number of aromatic nitrogens is 1. The van der Waals surface area contributed by atoms with Crippen molar-refractivity contribution in [3.63, 3.8) is 0 Å². The van der Waals surface area contributed by atoms with Crippen LogP contribution in [0.2, 0.25) is 0 Å². The third kappa shape index (κ3) is 3.44. The minimum absolute atomic E-state index is 0.0410. The number of thioether (sulfide) groups is 1. The van der Waals surface area contributed by atoms with Crippen molar-refractivity contribution in [1.29, 1.82) is 0 Å². The Kier molecular flexibility index (Phi) is 5.12. The summed E-state index contributed by atoms with van der Waals surface area (Å²) in [6.07, 6.45) is 2.93. The monoisotopic (exact) mass is 290 g/mol. The van der Waals surface area contributed by atoms with Gasteiger partial charge >= 0.3 is 5.97 Å². The Morgan fingerprint density at radius 1 is 1.50 bits per heavy atom. The van der Waals surface area contributed by atoms with Crippen molar-refractivity contribution < 1.29 is 18.3 Å². The van der Waals surface area contributed by atoms with Gasteiger partial charge < -0.3 is 5.11 Å². The molecule has 8 heteroatoms. The molecule has 1 rings (SSSR count). The predicted molar refractivity (Wildman–Crippen MR) is 69.4 cm³/mol. The molecule has 0 fully saturated rings. The Bertz CT molecular complexity index is 513. The Morgan fingerprint density at radius 2 is 2.17 bits per heavy atom. The Morgan fingerprint density at radius 3 is 2.61 bits per heavy atom. The maximum atomic E-state index is 12.0. The number of carboxylic acid groups (broad SMARTS) is 1. The maximum absolute atomic E-state index is 12.0. The quantitative estimate of drug-likeness (QED) is 0.832. The highest BCUT2D eigenvalue weighted by molar-refractivity contribution is 7.98. The molecule has 1 aromatic heterocycles. The first-order valence-corrected chi connectivity index (χ1v) is 7.87. The summed E-state index contributed by atoms with van der Waals surface area (Å²) in [5.41, 5.74) is -0.0410. The first-order chi connectivity index (χ1) is 8.39. The number of aromatic carboxylic acids is 1. The van der Waals surface area contributed by atoms with Crippen LogP contribution < -0.4 is 0 Å². The van der Waals surface area contributed by atoms with Crippen LogP contribution in [0.3, 0.4) is 0 Å². The fraction of sp³-hybridized carbons (Fsp3) is 0.400. The highest BCUT2D eigenvalue weighted by Crippen LogP contribution is 2.12. The fourth-order valence-electron chi connectivity index (χ4n) is 1.16. The van der Waals surface area contributed by atoms with E-state index in [-0.39, 0.29) is 10.6 Å². The molecule has 0 atom stereocenters. The second-order valence-corrected chi connectivity index (χ2v) is 6.49. The van der Waals surface area contributed by atoms with Crippen LogP contribution in [0.1, 0.15) is 10.4 Å². The van der Waals surface area contributed by atoms with E-state index in [1.807, 2.05) is 6.26 Å². The van der Waals surface area contributed by atoms with Gasteiger partial charge in [-0.25, -0.2) is 18.2 Å². The van der Waals surface area contributed by atoms with Crippen molar-refractivity contribution in [2.45, 2.75) is 5.03 Å². The average Bonchev–Trinajstić information content (AvgIpc) is 2.35. The smallest absolute Gasteiger partial charge is 0.337 e. The van der Waals surface area contributed by atoms with Crippen LogP contribution in [0.5, 0.6) is 0 Å². The lowest BCUT2D eigenvalue weighted by molar-refractivity contribution is 0.0696. The summed E-state index contributed by atoms with van der Waals surface area (Å²) in [7, 11) is -2.17. The summed E-state index contributed by atoms with van der Waals surface area (Å²) in [4.78, 5) is 14.3. The maximum Gasteiger partial charge on any atom is 0.337 e. The van der Waals surface area contributed by atoms with Crippen molar-refractivity contribution in [3.05, 3.63) is 23.9 Å². The molecule has 0 saturated heterocycles. The Balaban J connectivity index is 2.94. The van der Waals surface area contributed by atoms with E-state index in [4.69, 9.17) is 5.11 Å². The molecule has 0 saturated carbocycles. The molecule has 18 heavy (non-hydrogen) atoms. The highest BCUT2D eigenvalue weighted by Gasteiger charge is 2.21. The first-order valence-electron chi connectivity index (χ1n) is 5.04. The van der Waals surface area contributed by atoms with E-state index in [1.165, 1.54) is 23.5 Å². The molecule has 0 amide bonds. The van der Waals surface area contributed by atoms with Crippen LogP contribution in [-0.2, 0) is 10.0 Å². The number of carbonyl (C=O) groups is 1. The standard InChI is InChI=1S/C10H14N2O4S2/c1-12(5-6-17-2)18(15,16)9-4-3-8(7-11-9)10(13)14/h3-4,7H,5-6H2,1-2H3,(H,13,14).